The minimum atomic E-state index is -0.190. The van der Waals surface area contributed by atoms with Crippen molar-refractivity contribution in [3.63, 3.8) is 0 Å². The molecule has 0 atom stereocenters. The summed E-state index contributed by atoms with van der Waals surface area (Å²) in [5.74, 6) is 0.618. The van der Waals surface area contributed by atoms with Crippen molar-refractivity contribution >= 4 is 23.6 Å². The Hall–Kier alpha value is -3.80. The Bertz CT molecular complexity index is 1210. The van der Waals surface area contributed by atoms with Gasteiger partial charge in [-0.05, 0) is 35.7 Å². The Labute approximate surface area is 161 Å². The Kier molecular flexibility index (Phi) is 3.94. The quantitative estimate of drug-likeness (QED) is 0.585. The summed E-state index contributed by atoms with van der Waals surface area (Å²) in [7, 11) is 0. The maximum absolute atomic E-state index is 11.7. The number of aromatic nitrogens is 3. The van der Waals surface area contributed by atoms with Crippen LogP contribution < -0.4 is 5.32 Å². The normalized spacial score (nSPS) is 12.5. The fraction of sp³-hybridized carbons (Fsp3) is 0.0909. The highest BCUT2D eigenvalue weighted by molar-refractivity contribution is 6.13. The average molecular weight is 367 g/mol. The molecule has 0 saturated heterocycles. The van der Waals surface area contributed by atoms with E-state index in [2.05, 4.69) is 27.5 Å². The highest BCUT2D eigenvalue weighted by Crippen LogP contribution is 2.27. The second-order valence-corrected chi connectivity index (χ2v) is 6.67. The summed E-state index contributed by atoms with van der Waals surface area (Å²) >= 11 is 0. The molecular formula is C22H17N5O. The van der Waals surface area contributed by atoms with Crippen LogP contribution in [0.5, 0.6) is 0 Å². The summed E-state index contributed by atoms with van der Waals surface area (Å²) in [4.78, 5) is 20.3. The van der Waals surface area contributed by atoms with Crippen LogP contribution in [0.15, 0.2) is 72.0 Å². The summed E-state index contributed by atoms with van der Waals surface area (Å²) in [5, 5.41) is 7.78. The molecule has 3 heterocycles. The molecule has 0 fully saturated rings. The predicted molar refractivity (Wildman–Crippen MR) is 109 cm³/mol. The Morgan fingerprint density at radius 2 is 1.89 bits per heavy atom. The van der Waals surface area contributed by atoms with Gasteiger partial charge >= 0.3 is 0 Å². The molecule has 1 aliphatic heterocycles. The van der Waals surface area contributed by atoms with Crippen molar-refractivity contribution in [3.8, 4) is 11.1 Å². The molecule has 2 aromatic carbocycles. The Balaban J connectivity index is 1.41. The number of amides is 1. The second kappa shape index (κ2) is 6.74. The molecule has 0 spiro atoms. The number of anilines is 1. The number of benzene rings is 2. The summed E-state index contributed by atoms with van der Waals surface area (Å²) in [6.45, 7) is 0.800. The van der Waals surface area contributed by atoms with Gasteiger partial charge in [-0.3, -0.25) is 4.79 Å². The van der Waals surface area contributed by atoms with E-state index in [1.165, 1.54) is 5.56 Å². The van der Waals surface area contributed by atoms with Gasteiger partial charge in [0.25, 0.3) is 5.91 Å². The predicted octanol–water partition coefficient (Wildman–Crippen LogP) is 3.62. The fourth-order valence-corrected chi connectivity index (χ4v) is 3.38. The van der Waals surface area contributed by atoms with Gasteiger partial charge in [0.05, 0.1) is 11.8 Å². The van der Waals surface area contributed by atoms with Crippen LogP contribution in [0, 0.1) is 0 Å². The number of aliphatic imine (C=N–C) groups is 1. The van der Waals surface area contributed by atoms with Crippen molar-refractivity contribution in [2.45, 2.75) is 6.42 Å². The molecule has 5 rings (SSSR count). The minimum Gasteiger partial charge on any atom is -0.370 e. The Morgan fingerprint density at radius 3 is 2.79 bits per heavy atom. The Morgan fingerprint density at radius 1 is 1.00 bits per heavy atom. The summed E-state index contributed by atoms with van der Waals surface area (Å²) < 4.78 is 1.75. The number of hydrogen-bond acceptors (Lipinski definition) is 4. The van der Waals surface area contributed by atoms with Gasteiger partial charge in [0.2, 0.25) is 0 Å². The number of nitrogens with zero attached hydrogens (tertiary/aromatic N) is 4. The molecule has 1 amide bonds. The van der Waals surface area contributed by atoms with Crippen molar-refractivity contribution in [1.29, 1.82) is 0 Å². The third-order valence-corrected chi connectivity index (χ3v) is 4.85. The van der Waals surface area contributed by atoms with Gasteiger partial charge in [0.15, 0.2) is 5.65 Å². The van der Waals surface area contributed by atoms with Gasteiger partial charge < -0.3 is 5.32 Å². The molecule has 136 valence electrons. The molecule has 28 heavy (non-hydrogen) atoms. The van der Waals surface area contributed by atoms with Crippen molar-refractivity contribution in [3.05, 3.63) is 83.7 Å². The first kappa shape index (κ1) is 16.4. The van der Waals surface area contributed by atoms with E-state index in [1.54, 1.807) is 16.9 Å². The smallest absolute Gasteiger partial charge is 0.277 e. The zero-order valence-corrected chi connectivity index (χ0v) is 15.0. The van der Waals surface area contributed by atoms with Crippen LogP contribution in [0.2, 0.25) is 0 Å². The fourth-order valence-electron chi connectivity index (χ4n) is 3.38. The van der Waals surface area contributed by atoms with Gasteiger partial charge in [-0.25, -0.2) is 14.5 Å². The molecular weight excluding hydrogens is 350 g/mol. The first-order valence-corrected chi connectivity index (χ1v) is 9.13. The highest BCUT2D eigenvalue weighted by Gasteiger charge is 2.17. The molecule has 6 nitrogen and oxygen atoms in total. The van der Waals surface area contributed by atoms with Crippen molar-refractivity contribution in [2.24, 2.45) is 4.99 Å². The van der Waals surface area contributed by atoms with Crippen molar-refractivity contribution in [1.82, 2.24) is 14.6 Å². The van der Waals surface area contributed by atoms with E-state index in [9.17, 15) is 4.79 Å². The van der Waals surface area contributed by atoms with Gasteiger partial charge in [0, 0.05) is 30.1 Å². The van der Waals surface area contributed by atoms with Gasteiger partial charge in [-0.2, -0.15) is 5.10 Å². The van der Waals surface area contributed by atoms with Crippen LogP contribution in [-0.4, -0.2) is 33.3 Å². The number of nitrogens with one attached hydrogen (secondary N) is 1. The largest absolute Gasteiger partial charge is 0.370 e. The summed E-state index contributed by atoms with van der Waals surface area (Å²) in [6, 6.07) is 18.0. The lowest BCUT2D eigenvalue weighted by atomic mass is 10.0. The van der Waals surface area contributed by atoms with Gasteiger partial charge in [0.1, 0.15) is 5.82 Å². The van der Waals surface area contributed by atoms with Crippen LogP contribution in [0.3, 0.4) is 0 Å². The minimum absolute atomic E-state index is 0.190. The van der Waals surface area contributed by atoms with Crippen LogP contribution in [0.4, 0.5) is 5.82 Å². The molecule has 0 aliphatic carbocycles. The second-order valence-electron chi connectivity index (χ2n) is 6.67. The molecule has 1 N–H and O–H groups in total. The van der Waals surface area contributed by atoms with Crippen LogP contribution in [-0.2, 0) is 6.42 Å². The topological polar surface area (TPSA) is 71.7 Å². The molecule has 2 aromatic heterocycles. The SMILES string of the molecule is O=C1N=Cc2cc(-c3cnn4ccc(NCCc5ccccc5)nc34)ccc21. The maximum atomic E-state index is 11.7. The molecule has 0 radical (unpaired) electrons. The highest BCUT2D eigenvalue weighted by atomic mass is 16.1. The van der Waals surface area contributed by atoms with Gasteiger partial charge in [-0.15, -0.1) is 0 Å². The summed E-state index contributed by atoms with van der Waals surface area (Å²) in [6.07, 6.45) is 6.23. The zero-order valence-electron chi connectivity index (χ0n) is 15.0. The first-order valence-electron chi connectivity index (χ1n) is 9.13. The van der Waals surface area contributed by atoms with Crippen LogP contribution >= 0.6 is 0 Å². The lowest BCUT2D eigenvalue weighted by Gasteiger charge is -2.07. The third kappa shape index (κ3) is 2.95. The zero-order chi connectivity index (χ0) is 18.9. The van der Waals surface area contributed by atoms with E-state index in [0.717, 1.165) is 41.1 Å². The first-order chi connectivity index (χ1) is 13.8. The number of rotatable bonds is 5. The molecule has 0 saturated carbocycles. The molecule has 0 unspecified atom stereocenters. The molecule has 4 aromatic rings. The van der Waals surface area contributed by atoms with Gasteiger partial charge in [-0.1, -0.05) is 36.4 Å². The average Bonchev–Trinajstić information content (AvgIpc) is 3.32. The monoisotopic (exact) mass is 367 g/mol. The third-order valence-electron chi connectivity index (χ3n) is 4.85. The summed E-state index contributed by atoms with van der Waals surface area (Å²) in [5.41, 5.74) is 5.41. The van der Waals surface area contributed by atoms with Crippen molar-refractivity contribution < 1.29 is 4.79 Å². The number of fused-ring (bicyclic) bond motifs is 2. The van der Waals surface area contributed by atoms with E-state index in [4.69, 9.17) is 4.98 Å². The number of carbonyl (C=O) groups is 1. The molecule has 0 bridgehead atoms. The van der Waals surface area contributed by atoms with Crippen molar-refractivity contribution in [2.75, 3.05) is 11.9 Å². The van der Waals surface area contributed by atoms with E-state index in [0.29, 0.717) is 5.56 Å². The standard InChI is InChI=1S/C22H17N5O/c28-22-18-7-6-16(12-17(18)13-24-22)19-14-25-27-11-9-20(26-21(19)27)23-10-8-15-4-2-1-3-5-15/h1-7,9,11-14H,8,10H2,(H,23,26). The lowest BCUT2D eigenvalue weighted by molar-refractivity contribution is 0.101. The van der Waals surface area contributed by atoms with E-state index < -0.39 is 0 Å². The lowest BCUT2D eigenvalue weighted by Crippen LogP contribution is -2.07. The van der Waals surface area contributed by atoms with E-state index in [-0.39, 0.29) is 5.91 Å². The number of hydrogen-bond donors (Lipinski definition) is 1. The van der Waals surface area contributed by atoms with Crippen LogP contribution in [0.25, 0.3) is 16.8 Å². The van der Waals surface area contributed by atoms with E-state index >= 15 is 0 Å². The van der Waals surface area contributed by atoms with E-state index in [1.807, 2.05) is 48.7 Å². The molecule has 6 heteroatoms. The number of carbonyl (C=O) groups excluding carboxylic acids is 1. The maximum Gasteiger partial charge on any atom is 0.277 e. The molecule has 1 aliphatic rings. The van der Waals surface area contributed by atoms with Crippen LogP contribution in [0.1, 0.15) is 21.5 Å².